The second-order valence-corrected chi connectivity index (χ2v) is 2.53. The molecule has 0 saturated carbocycles. The molecule has 0 aromatic carbocycles. The average Bonchev–Trinajstić information content (AvgIpc) is 2.33. The first-order valence-corrected chi connectivity index (χ1v) is 3.24. The van der Waals surface area contributed by atoms with Gasteiger partial charge in [0.05, 0.1) is 19.8 Å². The van der Waals surface area contributed by atoms with E-state index in [9.17, 15) is 0 Å². The van der Waals surface area contributed by atoms with Crippen LogP contribution in [-0.4, -0.2) is 41.9 Å². The SMILES string of the molecule is C[C@@]1(CO)OC[C@H](CO)O1. The molecular formula is C6H12O4. The summed E-state index contributed by atoms with van der Waals surface area (Å²) >= 11 is 0. The van der Waals surface area contributed by atoms with E-state index in [0.29, 0.717) is 6.61 Å². The van der Waals surface area contributed by atoms with Crippen molar-refractivity contribution in [2.75, 3.05) is 19.8 Å². The lowest BCUT2D eigenvalue weighted by molar-refractivity contribution is -0.181. The molecule has 2 N–H and O–H groups in total. The zero-order chi connectivity index (χ0) is 7.61. The summed E-state index contributed by atoms with van der Waals surface area (Å²) in [5.74, 6) is -0.895. The van der Waals surface area contributed by atoms with E-state index in [2.05, 4.69) is 0 Å². The summed E-state index contributed by atoms with van der Waals surface area (Å²) in [6.45, 7) is 1.76. The lowest BCUT2D eigenvalue weighted by atomic mass is 10.3. The molecule has 1 saturated heterocycles. The van der Waals surface area contributed by atoms with Crippen molar-refractivity contribution < 1.29 is 19.7 Å². The van der Waals surface area contributed by atoms with Gasteiger partial charge in [-0.3, -0.25) is 0 Å². The molecule has 4 heteroatoms. The second kappa shape index (κ2) is 2.84. The predicted octanol–water partition coefficient (Wildman–Crippen LogP) is -0.897. The van der Waals surface area contributed by atoms with E-state index in [1.807, 2.05) is 0 Å². The Balaban J connectivity index is 2.41. The van der Waals surface area contributed by atoms with Gasteiger partial charge in [-0.15, -0.1) is 0 Å². The molecule has 0 amide bonds. The van der Waals surface area contributed by atoms with E-state index < -0.39 is 5.79 Å². The van der Waals surface area contributed by atoms with Crippen LogP contribution in [-0.2, 0) is 9.47 Å². The van der Waals surface area contributed by atoms with Crippen molar-refractivity contribution in [3.63, 3.8) is 0 Å². The van der Waals surface area contributed by atoms with Crippen molar-refractivity contribution in [2.24, 2.45) is 0 Å². The first-order valence-electron chi connectivity index (χ1n) is 3.24. The first-order chi connectivity index (χ1) is 4.70. The summed E-state index contributed by atoms with van der Waals surface area (Å²) < 4.78 is 10.2. The van der Waals surface area contributed by atoms with Gasteiger partial charge in [-0.25, -0.2) is 0 Å². The molecule has 0 bridgehead atoms. The lowest BCUT2D eigenvalue weighted by Gasteiger charge is -2.19. The van der Waals surface area contributed by atoms with Gasteiger partial charge >= 0.3 is 0 Å². The van der Waals surface area contributed by atoms with Crippen molar-refractivity contribution in [3.8, 4) is 0 Å². The Morgan fingerprint density at radius 3 is 2.60 bits per heavy atom. The van der Waals surface area contributed by atoms with Crippen LogP contribution < -0.4 is 0 Å². The van der Waals surface area contributed by atoms with Gasteiger partial charge in [0.25, 0.3) is 0 Å². The molecule has 2 atom stereocenters. The van der Waals surface area contributed by atoms with Gasteiger partial charge in [0.15, 0.2) is 5.79 Å². The highest BCUT2D eigenvalue weighted by molar-refractivity contribution is 4.72. The minimum atomic E-state index is -0.895. The lowest BCUT2D eigenvalue weighted by Crippen LogP contribution is -2.31. The number of aliphatic hydroxyl groups is 2. The minimum Gasteiger partial charge on any atom is -0.394 e. The van der Waals surface area contributed by atoms with Crippen LogP contribution in [0.2, 0.25) is 0 Å². The first kappa shape index (κ1) is 7.94. The van der Waals surface area contributed by atoms with Gasteiger partial charge in [-0.1, -0.05) is 0 Å². The van der Waals surface area contributed by atoms with Gasteiger partial charge in [0.1, 0.15) is 6.10 Å². The summed E-state index contributed by atoms with van der Waals surface area (Å²) in [7, 11) is 0. The van der Waals surface area contributed by atoms with E-state index in [0.717, 1.165) is 0 Å². The van der Waals surface area contributed by atoms with Gasteiger partial charge in [0.2, 0.25) is 0 Å². The Morgan fingerprint density at radius 2 is 2.30 bits per heavy atom. The summed E-state index contributed by atoms with van der Waals surface area (Å²) in [4.78, 5) is 0. The van der Waals surface area contributed by atoms with Gasteiger partial charge in [-0.05, 0) is 6.92 Å². The molecule has 1 aliphatic heterocycles. The normalized spacial score (nSPS) is 40.5. The standard InChI is InChI=1S/C6H12O4/c1-6(4-8)9-3-5(2-7)10-6/h5,7-8H,2-4H2,1H3/t5-,6+/m0/s1. The Hall–Kier alpha value is -0.160. The molecule has 1 aliphatic rings. The highest BCUT2D eigenvalue weighted by atomic mass is 16.8. The van der Waals surface area contributed by atoms with Gasteiger partial charge in [-0.2, -0.15) is 0 Å². The van der Waals surface area contributed by atoms with Crippen LogP contribution in [0.15, 0.2) is 0 Å². The zero-order valence-electron chi connectivity index (χ0n) is 5.91. The smallest absolute Gasteiger partial charge is 0.189 e. The molecule has 0 aliphatic carbocycles. The number of aliphatic hydroxyl groups excluding tert-OH is 2. The van der Waals surface area contributed by atoms with E-state index in [4.69, 9.17) is 19.7 Å². The van der Waals surface area contributed by atoms with Crippen molar-refractivity contribution >= 4 is 0 Å². The third kappa shape index (κ3) is 1.46. The third-order valence-electron chi connectivity index (χ3n) is 1.48. The molecule has 0 radical (unpaired) electrons. The molecule has 0 aromatic heterocycles. The summed E-state index contributed by atoms with van der Waals surface area (Å²) in [5, 5.41) is 17.3. The van der Waals surface area contributed by atoms with Crippen molar-refractivity contribution in [3.05, 3.63) is 0 Å². The Morgan fingerprint density at radius 1 is 1.60 bits per heavy atom. The zero-order valence-corrected chi connectivity index (χ0v) is 5.91. The number of hydrogen-bond donors (Lipinski definition) is 2. The van der Waals surface area contributed by atoms with E-state index in [1.54, 1.807) is 6.92 Å². The molecule has 0 aromatic rings. The molecule has 1 rings (SSSR count). The average molecular weight is 148 g/mol. The van der Waals surface area contributed by atoms with Gasteiger partial charge in [0, 0.05) is 0 Å². The number of ether oxygens (including phenoxy) is 2. The fraction of sp³-hybridized carbons (Fsp3) is 1.00. The summed E-state index contributed by atoms with van der Waals surface area (Å²) in [6, 6.07) is 0. The maximum Gasteiger partial charge on any atom is 0.189 e. The topological polar surface area (TPSA) is 58.9 Å². The predicted molar refractivity (Wildman–Crippen MR) is 33.4 cm³/mol. The quantitative estimate of drug-likeness (QED) is 0.533. The summed E-state index contributed by atoms with van der Waals surface area (Å²) in [6.07, 6.45) is -0.280. The maximum absolute atomic E-state index is 8.71. The monoisotopic (exact) mass is 148 g/mol. The molecule has 1 heterocycles. The van der Waals surface area contributed by atoms with Crippen molar-refractivity contribution in [2.45, 2.75) is 18.8 Å². The number of hydrogen-bond acceptors (Lipinski definition) is 4. The van der Waals surface area contributed by atoms with Crippen LogP contribution >= 0.6 is 0 Å². The van der Waals surface area contributed by atoms with Crippen LogP contribution in [0, 0.1) is 0 Å². The Kier molecular flexibility index (Phi) is 2.25. The molecule has 4 nitrogen and oxygen atoms in total. The van der Waals surface area contributed by atoms with E-state index >= 15 is 0 Å². The van der Waals surface area contributed by atoms with E-state index in [1.165, 1.54) is 0 Å². The fourth-order valence-corrected chi connectivity index (χ4v) is 0.863. The maximum atomic E-state index is 8.71. The largest absolute Gasteiger partial charge is 0.394 e. The number of rotatable bonds is 2. The van der Waals surface area contributed by atoms with Gasteiger partial charge < -0.3 is 19.7 Å². The molecule has 1 fully saturated rings. The fourth-order valence-electron chi connectivity index (χ4n) is 0.863. The Labute approximate surface area is 59.4 Å². The van der Waals surface area contributed by atoms with Crippen LogP contribution in [0.1, 0.15) is 6.92 Å². The van der Waals surface area contributed by atoms with E-state index in [-0.39, 0.29) is 19.3 Å². The molecule has 0 unspecified atom stereocenters. The van der Waals surface area contributed by atoms with Crippen molar-refractivity contribution in [1.29, 1.82) is 0 Å². The minimum absolute atomic E-state index is 0.0599. The Bertz CT molecular complexity index is 116. The summed E-state index contributed by atoms with van der Waals surface area (Å²) in [5.41, 5.74) is 0. The molecule has 0 spiro atoms. The third-order valence-corrected chi connectivity index (χ3v) is 1.48. The molecular weight excluding hydrogens is 136 g/mol. The second-order valence-electron chi connectivity index (χ2n) is 2.53. The van der Waals surface area contributed by atoms with Crippen LogP contribution in [0.5, 0.6) is 0 Å². The van der Waals surface area contributed by atoms with Crippen LogP contribution in [0.25, 0.3) is 0 Å². The molecule has 10 heavy (non-hydrogen) atoms. The highest BCUT2D eigenvalue weighted by Gasteiger charge is 2.35. The molecule has 60 valence electrons. The van der Waals surface area contributed by atoms with Crippen LogP contribution in [0.3, 0.4) is 0 Å². The highest BCUT2D eigenvalue weighted by Crippen LogP contribution is 2.21. The van der Waals surface area contributed by atoms with Crippen LogP contribution in [0.4, 0.5) is 0 Å². The van der Waals surface area contributed by atoms with Crippen molar-refractivity contribution in [1.82, 2.24) is 0 Å².